The fraction of sp³-hybridized carbons (Fsp3) is 0.125. The van der Waals surface area contributed by atoms with E-state index in [4.69, 9.17) is 4.42 Å². The van der Waals surface area contributed by atoms with Crippen molar-refractivity contribution in [2.75, 3.05) is 5.75 Å². The monoisotopic (exact) mass is 328 g/mol. The van der Waals surface area contributed by atoms with Crippen molar-refractivity contribution in [3.63, 3.8) is 0 Å². The summed E-state index contributed by atoms with van der Waals surface area (Å²) in [6.07, 6.45) is 0. The first-order chi connectivity index (χ1) is 11.0. The van der Waals surface area contributed by atoms with E-state index in [1.807, 2.05) is 18.2 Å². The summed E-state index contributed by atoms with van der Waals surface area (Å²) >= 11 is 1.17. The number of aromatic nitrogens is 1. The van der Waals surface area contributed by atoms with Gasteiger partial charge in [0.05, 0.1) is 10.7 Å². The maximum atomic E-state index is 12.2. The van der Waals surface area contributed by atoms with Crippen molar-refractivity contribution in [2.24, 2.45) is 0 Å². The number of fused-ring (bicyclic) bond motifs is 1. The Bertz CT molecular complexity index is 871. The molecule has 2 aromatic carbocycles. The number of thioether (sulfide) groups is 1. The molecule has 1 heterocycles. The molecule has 0 unspecified atom stereocenters. The minimum atomic E-state index is -0.486. The van der Waals surface area contributed by atoms with Crippen LogP contribution in [0.15, 0.2) is 52.1 Å². The largest absolute Gasteiger partial charge is 0.431 e. The van der Waals surface area contributed by atoms with Crippen molar-refractivity contribution in [1.29, 1.82) is 0 Å². The molecule has 23 heavy (non-hydrogen) atoms. The normalized spacial score (nSPS) is 10.8. The number of nitro benzene ring substituents is 1. The van der Waals surface area contributed by atoms with E-state index in [0.717, 1.165) is 5.52 Å². The van der Waals surface area contributed by atoms with Gasteiger partial charge in [-0.1, -0.05) is 36.0 Å². The van der Waals surface area contributed by atoms with Crippen LogP contribution in [-0.2, 0) is 0 Å². The van der Waals surface area contributed by atoms with Crippen molar-refractivity contribution in [3.05, 3.63) is 63.7 Å². The molecule has 0 amide bonds. The van der Waals surface area contributed by atoms with Crippen molar-refractivity contribution in [1.82, 2.24) is 4.98 Å². The van der Waals surface area contributed by atoms with Gasteiger partial charge in [-0.2, -0.15) is 0 Å². The zero-order valence-electron chi connectivity index (χ0n) is 12.2. The van der Waals surface area contributed by atoms with Crippen molar-refractivity contribution >= 4 is 34.3 Å². The topological polar surface area (TPSA) is 86.2 Å². The second-order valence-corrected chi connectivity index (χ2v) is 5.84. The lowest BCUT2D eigenvalue weighted by Crippen LogP contribution is -2.04. The summed E-state index contributed by atoms with van der Waals surface area (Å²) < 4.78 is 5.53. The third-order valence-corrected chi connectivity index (χ3v) is 4.16. The average Bonchev–Trinajstić information content (AvgIpc) is 2.95. The highest BCUT2D eigenvalue weighted by Gasteiger charge is 2.16. The summed E-state index contributed by atoms with van der Waals surface area (Å²) in [7, 11) is 0. The minimum absolute atomic E-state index is 0.0530. The molecule has 7 heteroatoms. The van der Waals surface area contributed by atoms with Crippen LogP contribution in [0.25, 0.3) is 11.1 Å². The lowest BCUT2D eigenvalue weighted by atomic mass is 10.1. The van der Waals surface area contributed by atoms with E-state index in [1.165, 1.54) is 17.8 Å². The van der Waals surface area contributed by atoms with Gasteiger partial charge in [0, 0.05) is 17.2 Å². The molecule has 1 aromatic heterocycles. The Hall–Kier alpha value is -2.67. The molecule has 0 N–H and O–H groups in total. The first kappa shape index (κ1) is 15.2. The Balaban J connectivity index is 1.74. The van der Waals surface area contributed by atoms with Crippen molar-refractivity contribution < 1.29 is 14.1 Å². The van der Waals surface area contributed by atoms with Crippen molar-refractivity contribution in [2.45, 2.75) is 12.1 Å². The van der Waals surface area contributed by atoms with Crippen LogP contribution in [0.1, 0.15) is 15.9 Å². The standard InChI is InChI=1S/C16H12N2O4S/c1-10-6-7-11(8-13(10)18(20)21)14(19)9-23-16-17-12-4-2-3-5-15(12)22-16/h2-8H,9H2,1H3. The highest BCUT2D eigenvalue weighted by atomic mass is 32.2. The van der Waals surface area contributed by atoms with Crippen LogP contribution >= 0.6 is 11.8 Å². The Kier molecular flexibility index (Phi) is 4.12. The zero-order valence-corrected chi connectivity index (χ0v) is 13.0. The summed E-state index contributed by atoms with van der Waals surface area (Å²) in [5, 5.41) is 11.3. The fourth-order valence-corrected chi connectivity index (χ4v) is 2.84. The lowest BCUT2D eigenvalue weighted by Gasteiger charge is -2.01. The number of nitrogens with zero attached hydrogens (tertiary/aromatic N) is 2. The Labute approximate surface area is 135 Å². The Morgan fingerprint density at radius 3 is 2.83 bits per heavy atom. The first-order valence-electron chi connectivity index (χ1n) is 6.81. The second-order valence-electron chi connectivity index (χ2n) is 4.92. The molecule has 0 aliphatic carbocycles. The SMILES string of the molecule is Cc1ccc(C(=O)CSc2nc3ccccc3o2)cc1[N+](=O)[O-]. The highest BCUT2D eigenvalue weighted by molar-refractivity contribution is 7.99. The molecule has 0 spiro atoms. The van der Waals surface area contributed by atoms with E-state index in [1.54, 1.807) is 25.1 Å². The molecule has 0 saturated heterocycles. The van der Waals surface area contributed by atoms with Crippen LogP contribution in [0.3, 0.4) is 0 Å². The number of para-hydroxylation sites is 2. The summed E-state index contributed by atoms with van der Waals surface area (Å²) in [5.41, 5.74) is 2.17. The molecule has 0 atom stereocenters. The number of nitro groups is 1. The summed E-state index contributed by atoms with van der Waals surface area (Å²) in [5.74, 6) is -0.104. The number of aryl methyl sites for hydroxylation is 1. The molecule has 3 aromatic rings. The highest BCUT2D eigenvalue weighted by Crippen LogP contribution is 2.25. The van der Waals surface area contributed by atoms with E-state index < -0.39 is 4.92 Å². The van der Waals surface area contributed by atoms with Crippen LogP contribution in [0.5, 0.6) is 0 Å². The van der Waals surface area contributed by atoms with Gasteiger partial charge in [-0.05, 0) is 19.1 Å². The van der Waals surface area contributed by atoms with Crippen LogP contribution in [0, 0.1) is 17.0 Å². The second kappa shape index (κ2) is 6.21. The van der Waals surface area contributed by atoms with Crippen LogP contribution < -0.4 is 0 Å². The van der Waals surface area contributed by atoms with Gasteiger partial charge in [0.2, 0.25) is 0 Å². The van der Waals surface area contributed by atoms with Gasteiger partial charge in [0.25, 0.3) is 10.9 Å². The van der Waals surface area contributed by atoms with E-state index in [9.17, 15) is 14.9 Å². The molecule has 3 rings (SSSR count). The van der Waals surface area contributed by atoms with Crippen LogP contribution in [0.2, 0.25) is 0 Å². The van der Waals surface area contributed by atoms with E-state index >= 15 is 0 Å². The molecule has 0 saturated carbocycles. The number of carbonyl (C=O) groups is 1. The summed E-state index contributed by atoms with van der Waals surface area (Å²) in [6.45, 7) is 1.64. The van der Waals surface area contributed by atoms with Gasteiger partial charge in [-0.15, -0.1) is 0 Å². The average molecular weight is 328 g/mol. The first-order valence-corrected chi connectivity index (χ1v) is 7.80. The fourth-order valence-electron chi connectivity index (χ4n) is 2.10. The van der Waals surface area contributed by atoms with Crippen molar-refractivity contribution in [3.8, 4) is 0 Å². The van der Waals surface area contributed by atoms with E-state index in [-0.39, 0.29) is 17.2 Å². The van der Waals surface area contributed by atoms with Gasteiger partial charge >= 0.3 is 0 Å². The number of hydrogen-bond donors (Lipinski definition) is 0. The zero-order chi connectivity index (χ0) is 16.4. The summed E-state index contributed by atoms with van der Waals surface area (Å²) in [4.78, 5) is 26.9. The van der Waals surface area contributed by atoms with Gasteiger partial charge in [-0.3, -0.25) is 14.9 Å². The Morgan fingerprint density at radius 1 is 1.30 bits per heavy atom. The number of rotatable bonds is 5. The molecule has 0 radical (unpaired) electrons. The van der Waals surface area contributed by atoms with Gasteiger partial charge in [0.15, 0.2) is 11.4 Å². The number of carbonyl (C=O) groups excluding carboxylic acids is 1. The molecule has 116 valence electrons. The quantitative estimate of drug-likeness (QED) is 0.304. The summed E-state index contributed by atoms with van der Waals surface area (Å²) in [6, 6.07) is 11.8. The number of benzene rings is 2. The maximum Gasteiger partial charge on any atom is 0.273 e. The van der Waals surface area contributed by atoms with Gasteiger partial charge < -0.3 is 4.42 Å². The molecule has 6 nitrogen and oxygen atoms in total. The van der Waals surface area contributed by atoms with Crippen LogP contribution in [0.4, 0.5) is 5.69 Å². The predicted molar refractivity (Wildman–Crippen MR) is 86.9 cm³/mol. The molecule has 0 aliphatic heterocycles. The lowest BCUT2D eigenvalue weighted by molar-refractivity contribution is -0.385. The molecular weight excluding hydrogens is 316 g/mol. The number of ketones is 1. The van der Waals surface area contributed by atoms with Gasteiger partial charge in [-0.25, -0.2) is 4.98 Å². The molecule has 0 fully saturated rings. The number of hydrogen-bond acceptors (Lipinski definition) is 6. The number of oxazole rings is 1. The predicted octanol–water partition coefficient (Wildman–Crippen LogP) is 4.02. The molecular formula is C16H12N2O4S. The van der Waals surface area contributed by atoms with Gasteiger partial charge in [0.1, 0.15) is 5.52 Å². The third kappa shape index (κ3) is 3.24. The Morgan fingerprint density at radius 2 is 2.09 bits per heavy atom. The smallest absolute Gasteiger partial charge is 0.273 e. The molecule has 0 bridgehead atoms. The van der Waals surface area contributed by atoms with E-state index in [0.29, 0.717) is 21.9 Å². The van der Waals surface area contributed by atoms with E-state index in [2.05, 4.69) is 4.98 Å². The molecule has 0 aliphatic rings. The third-order valence-electron chi connectivity index (χ3n) is 3.33. The minimum Gasteiger partial charge on any atom is -0.431 e. The number of Topliss-reactive ketones (excluding diaryl/α,β-unsaturated/α-hetero) is 1. The van der Waals surface area contributed by atoms with Crippen LogP contribution in [-0.4, -0.2) is 21.4 Å². The maximum absolute atomic E-state index is 12.2.